The maximum Gasteiger partial charge on any atom is 0.168 e. The smallest absolute Gasteiger partial charge is 0.168 e. The van der Waals surface area contributed by atoms with Crippen LogP contribution in [0.2, 0.25) is 0 Å². The minimum Gasteiger partial charge on any atom is -0.384 e. The largest absolute Gasteiger partial charge is 0.384 e. The molecule has 0 aliphatic carbocycles. The van der Waals surface area contributed by atoms with E-state index >= 15 is 0 Å². The first-order valence-electron chi connectivity index (χ1n) is 6.29. The minimum atomic E-state index is -0.949. The van der Waals surface area contributed by atoms with Crippen molar-refractivity contribution in [2.45, 2.75) is 0 Å². The predicted molar refractivity (Wildman–Crippen MR) is 77.2 cm³/mol. The van der Waals surface area contributed by atoms with E-state index in [1.165, 1.54) is 18.2 Å². The normalized spacial score (nSPS) is 10.6. The Morgan fingerprint density at radius 2 is 1.62 bits per heavy atom. The summed E-state index contributed by atoms with van der Waals surface area (Å²) >= 11 is 0. The molecule has 1 heterocycles. The fourth-order valence-corrected chi connectivity index (χ4v) is 2.02. The summed E-state index contributed by atoms with van der Waals surface area (Å²) < 4.78 is 27.2. The van der Waals surface area contributed by atoms with Crippen LogP contribution in [0.4, 0.5) is 14.6 Å². The lowest BCUT2D eigenvalue weighted by Crippen LogP contribution is -1.99. The van der Waals surface area contributed by atoms with E-state index in [0.717, 1.165) is 11.6 Å². The van der Waals surface area contributed by atoms with Crippen LogP contribution < -0.4 is 5.73 Å². The van der Waals surface area contributed by atoms with Gasteiger partial charge in [-0.25, -0.2) is 18.7 Å². The second kappa shape index (κ2) is 5.28. The van der Waals surface area contributed by atoms with Crippen molar-refractivity contribution in [3.63, 3.8) is 0 Å². The number of aromatic nitrogens is 2. The van der Waals surface area contributed by atoms with E-state index in [1.807, 2.05) is 30.3 Å². The highest BCUT2D eigenvalue weighted by molar-refractivity contribution is 5.67. The van der Waals surface area contributed by atoms with Crippen molar-refractivity contribution >= 4 is 5.82 Å². The number of halogens is 2. The van der Waals surface area contributed by atoms with Crippen molar-refractivity contribution in [3.05, 3.63) is 66.2 Å². The molecule has 0 saturated heterocycles. The molecular formula is C16H11F2N3. The zero-order valence-corrected chi connectivity index (χ0v) is 10.9. The fourth-order valence-electron chi connectivity index (χ4n) is 2.02. The summed E-state index contributed by atoms with van der Waals surface area (Å²) in [5, 5.41) is 0. The maximum atomic E-state index is 13.9. The molecule has 3 aromatic rings. The van der Waals surface area contributed by atoms with Crippen LogP contribution in [0.1, 0.15) is 0 Å². The van der Waals surface area contributed by atoms with E-state index in [1.54, 1.807) is 0 Å². The number of rotatable bonds is 2. The zero-order valence-electron chi connectivity index (χ0n) is 10.9. The molecule has 2 N–H and O–H groups in total. The summed E-state index contributed by atoms with van der Waals surface area (Å²) in [6.45, 7) is 0. The van der Waals surface area contributed by atoms with E-state index in [4.69, 9.17) is 5.73 Å². The number of nitrogens with two attached hydrogens (primary N) is 1. The third kappa shape index (κ3) is 2.58. The summed E-state index contributed by atoms with van der Waals surface area (Å²) in [5.41, 5.74) is 6.81. The summed E-state index contributed by atoms with van der Waals surface area (Å²) in [6, 6.07) is 14.5. The Kier molecular flexibility index (Phi) is 3.31. The van der Waals surface area contributed by atoms with Gasteiger partial charge in [0.1, 0.15) is 5.82 Å². The molecule has 0 aliphatic rings. The summed E-state index contributed by atoms with van der Waals surface area (Å²) in [7, 11) is 0. The highest BCUT2D eigenvalue weighted by Crippen LogP contribution is 2.26. The highest BCUT2D eigenvalue weighted by atomic mass is 19.2. The number of hydrogen-bond donors (Lipinski definition) is 1. The topological polar surface area (TPSA) is 51.8 Å². The van der Waals surface area contributed by atoms with Gasteiger partial charge in [0.2, 0.25) is 0 Å². The SMILES string of the molecule is Nc1cc(-c2cccc(F)c2F)nc(-c2ccccc2)n1. The first kappa shape index (κ1) is 13.2. The van der Waals surface area contributed by atoms with Crippen molar-refractivity contribution in [2.75, 3.05) is 5.73 Å². The zero-order chi connectivity index (χ0) is 14.8. The third-order valence-corrected chi connectivity index (χ3v) is 3.01. The summed E-state index contributed by atoms with van der Waals surface area (Å²) in [4.78, 5) is 8.41. The lowest BCUT2D eigenvalue weighted by molar-refractivity contribution is 0.511. The average Bonchev–Trinajstić information content (AvgIpc) is 2.50. The van der Waals surface area contributed by atoms with Crippen molar-refractivity contribution in [1.82, 2.24) is 9.97 Å². The van der Waals surface area contributed by atoms with Crippen molar-refractivity contribution in [2.24, 2.45) is 0 Å². The fraction of sp³-hybridized carbons (Fsp3) is 0. The standard InChI is InChI=1S/C16H11F2N3/c17-12-8-4-7-11(15(12)18)13-9-14(19)21-16(20-13)10-5-2-1-3-6-10/h1-9H,(H2,19,20,21). The van der Waals surface area contributed by atoms with Crippen LogP contribution >= 0.6 is 0 Å². The molecule has 5 heteroatoms. The van der Waals surface area contributed by atoms with Crippen molar-refractivity contribution in [1.29, 1.82) is 0 Å². The van der Waals surface area contributed by atoms with E-state index in [0.29, 0.717) is 5.82 Å². The Morgan fingerprint density at radius 1 is 0.857 bits per heavy atom. The van der Waals surface area contributed by atoms with Gasteiger partial charge in [0.15, 0.2) is 17.5 Å². The molecule has 0 spiro atoms. The molecule has 0 atom stereocenters. The molecular weight excluding hydrogens is 272 g/mol. The first-order chi connectivity index (χ1) is 10.1. The molecule has 0 aliphatic heterocycles. The molecule has 1 aromatic heterocycles. The van der Waals surface area contributed by atoms with Crippen LogP contribution in [0, 0.1) is 11.6 Å². The minimum absolute atomic E-state index is 0.0567. The van der Waals surface area contributed by atoms with E-state index < -0.39 is 11.6 Å². The Morgan fingerprint density at radius 3 is 2.38 bits per heavy atom. The van der Waals surface area contributed by atoms with Crippen LogP contribution in [-0.2, 0) is 0 Å². The molecule has 0 bridgehead atoms. The van der Waals surface area contributed by atoms with Gasteiger partial charge in [-0.1, -0.05) is 36.4 Å². The van der Waals surface area contributed by atoms with Gasteiger partial charge in [-0.3, -0.25) is 0 Å². The third-order valence-electron chi connectivity index (χ3n) is 3.01. The van der Waals surface area contributed by atoms with Gasteiger partial charge < -0.3 is 5.73 Å². The van der Waals surface area contributed by atoms with E-state index in [2.05, 4.69) is 9.97 Å². The second-order valence-electron chi connectivity index (χ2n) is 4.47. The van der Waals surface area contributed by atoms with Gasteiger partial charge in [-0.2, -0.15) is 0 Å². The Labute approximate surface area is 120 Å². The molecule has 0 fully saturated rings. The number of anilines is 1. The molecule has 0 amide bonds. The quantitative estimate of drug-likeness (QED) is 0.780. The van der Waals surface area contributed by atoms with Crippen LogP contribution in [0.3, 0.4) is 0 Å². The molecule has 0 saturated carbocycles. The Bertz CT molecular complexity index is 789. The Balaban J connectivity index is 2.17. The second-order valence-corrected chi connectivity index (χ2v) is 4.47. The molecule has 0 radical (unpaired) electrons. The van der Waals surface area contributed by atoms with Gasteiger partial charge in [0, 0.05) is 17.2 Å². The van der Waals surface area contributed by atoms with Crippen LogP contribution in [-0.4, -0.2) is 9.97 Å². The summed E-state index contributed by atoms with van der Waals surface area (Å²) in [5.74, 6) is -1.31. The van der Waals surface area contributed by atoms with Crippen molar-refractivity contribution in [3.8, 4) is 22.6 Å². The van der Waals surface area contributed by atoms with Crippen LogP contribution in [0.25, 0.3) is 22.6 Å². The van der Waals surface area contributed by atoms with E-state index in [-0.39, 0.29) is 17.1 Å². The first-order valence-corrected chi connectivity index (χ1v) is 6.29. The average molecular weight is 283 g/mol. The molecule has 3 rings (SSSR count). The highest BCUT2D eigenvalue weighted by Gasteiger charge is 2.13. The maximum absolute atomic E-state index is 13.9. The van der Waals surface area contributed by atoms with Gasteiger partial charge >= 0.3 is 0 Å². The van der Waals surface area contributed by atoms with Gasteiger partial charge in [-0.05, 0) is 12.1 Å². The predicted octanol–water partition coefficient (Wildman–Crippen LogP) is 3.67. The lowest BCUT2D eigenvalue weighted by Gasteiger charge is -2.07. The van der Waals surface area contributed by atoms with Gasteiger partial charge in [0.25, 0.3) is 0 Å². The van der Waals surface area contributed by atoms with Crippen molar-refractivity contribution < 1.29 is 8.78 Å². The molecule has 104 valence electrons. The summed E-state index contributed by atoms with van der Waals surface area (Å²) in [6.07, 6.45) is 0. The molecule has 2 aromatic carbocycles. The number of nitrogens with zero attached hydrogens (tertiary/aromatic N) is 2. The molecule has 3 nitrogen and oxygen atoms in total. The molecule has 0 unspecified atom stereocenters. The monoisotopic (exact) mass is 283 g/mol. The van der Waals surface area contributed by atoms with Crippen LogP contribution in [0.15, 0.2) is 54.6 Å². The number of benzene rings is 2. The number of hydrogen-bond acceptors (Lipinski definition) is 3. The van der Waals surface area contributed by atoms with E-state index in [9.17, 15) is 8.78 Å². The van der Waals surface area contributed by atoms with Gasteiger partial charge in [-0.15, -0.1) is 0 Å². The van der Waals surface area contributed by atoms with Gasteiger partial charge in [0.05, 0.1) is 5.69 Å². The Hall–Kier alpha value is -2.82. The lowest BCUT2D eigenvalue weighted by atomic mass is 10.1. The number of nitrogen functional groups attached to an aromatic ring is 1. The van der Waals surface area contributed by atoms with Crippen LogP contribution in [0.5, 0.6) is 0 Å². The molecule has 21 heavy (non-hydrogen) atoms.